The fourth-order valence-electron chi connectivity index (χ4n) is 4.94. The van der Waals surface area contributed by atoms with Crippen LogP contribution in [0.5, 0.6) is 5.75 Å². The molecule has 3 atom stereocenters. The molecule has 32 heavy (non-hydrogen) atoms. The molecule has 5 rings (SSSR count). The van der Waals surface area contributed by atoms with E-state index in [0.717, 1.165) is 12.3 Å². The highest BCUT2D eigenvalue weighted by atomic mass is 19.2. The number of hydrogen-bond donors (Lipinski definition) is 1. The molecule has 0 aliphatic carbocycles. The lowest BCUT2D eigenvalue weighted by atomic mass is 9.79. The van der Waals surface area contributed by atoms with Gasteiger partial charge in [-0.15, -0.1) is 0 Å². The molecular weight excluding hydrogens is 423 g/mol. The van der Waals surface area contributed by atoms with Crippen LogP contribution in [0.2, 0.25) is 0 Å². The summed E-state index contributed by atoms with van der Waals surface area (Å²) in [4.78, 5) is 26.6. The summed E-state index contributed by atoms with van der Waals surface area (Å²) >= 11 is 0. The summed E-state index contributed by atoms with van der Waals surface area (Å²) in [6, 6.07) is 7.99. The van der Waals surface area contributed by atoms with Crippen molar-refractivity contribution in [2.24, 2.45) is 0 Å². The normalized spacial score (nSPS) is 20.7. The molecule has 3 heterocycles. The number of fused-ring (bicyclic) bond motifs is 2. The van der Waals surface area contributed by atoms with Gasteiger partial charge in [0.15, 0.2) is 23.1 Å². The Bertz CT molecular complexity index is 1280. The van der Waals surface area contributed by atoms with E-state index in [2.05, 4.69) is 5.10 Å². The van der Waals surface area contributed by atoms with Crippen LogP contribution >= 0.6 is 0 Å². The second kappa shape index (κ2) is 7.51. The van der Waals surface area contributed by atoms with Gasteiger partial charge in [0, 0.05) is 18.0 Å². The van der Waals surface area contributed by atoms with E-state index in [4.69, 9.17) is 0 Å². The third-order valence-electron chi connectivity index (χ3n) is 6.31. The maximum absolute atomic E-state index is 15.1. The molecule has 0 spiro atoms. The van der Waals surface area contributed by atoms with Gasteiger partial charge in [0.2, 0.25) is 5.43 Å². The third-order valence-corrected chi connectivity index (χ3v) is 6.31. The Morgan fingerprint density at radius 3 is 2.56 bits per heavy atom. The van der Waals surface area contributed by atoms with Crippen molar-refractivity contribution in [3.8, 4) is 5.75 Å². The molecule has 0 radical (unpaired) electrons. The molecule has 2 aromatic carbocycles. The van der Waals surface area contributed by atoms with Crippen molar-refractivity contribution in [2.45, 2.75) is 30.8 Å². The van der Waals surface area contributed by atoms with E-state index in [-0.39, 0.29) is 11.3 Å². The molecule has 0 saturated carbocycles. The van der Waals surface area contributed by atoms with Crippen LogP contribution in [0, 0.1) is 17.5 Å². The van der Waals surface area contributed by atoms with Gasteiger partial charge < -0.3 is 10.0 Å². The molecular formula is C23H18F3N3O3. The van der Waals surface area contributed by atoms with Gasteiger partial charge in [-0.3, -0.25) is 14.3 Å². The lowest BCUT2D eigenvalue weighted by Gasteiger charge is -2.42. The van der Waals surface area contributed by atoms with E-state index in [9.17, 15) is 23.5 Å². The number of carbonyl (C=O) groups excluding carboxylic acids is 1. The maximum Gasteiger partial charge on any atom is 0.276 e. The average Bonchev–Trinajstić information content (AvgIpc) is 3.27. The minimum Gasteiger partial charge on any atom is -0.502 e. The van der Waals surface area contributed by atoms with Crippen LogP contribution in [-0.4, -0.2) is 38.3 Å². The molecule has 6 nitrogen and oxygen atoms in total. The number of aromatic nitrogens is 2. The van der Waals surface area contributed by atoms with Crippen LogP contribution in [0.25, 0.3) is 0 Å². The highest BCUT2D eigenvalue weighted by Crippen LogP contribution is 2.46. The van der Waals surface area contributed by atoms with E-state index in [0.29, 0.717) is 24.9 Å². The predicted octanol–water partition coefficient (Wildman–Crippen LogP) is 3.36. The summed E-state index contributed by atoms with van der Waals surface area (Å²) in [6.07, 6.45) is 2.13. The van der Waals surface area contributed by atoms with E-state index in [1.54, 1.807) is 0 Å². The Labute approximate surface area is 180 Å². The fraction of sp³-hybridized carbons (Fsp3) is 0.261. The monoisotopic (exact) mass is 441 g/mol. The minimum absolute atomic E-state index is 0.00810. The molecule has 1 fully saturated rings. The van der Waals surface area contributed by atoms with Gasteiger partial charge in [-0.05, 0) is 36.6 Å². The fourth-order valence-corrected chi connectivity index (χ4v) is 4.94. The highest BCUT2D eigenvalue weighted by molar-refractivity contribution is 5.96. The lowest BCUT2D eigenvalue weighted by molar-refractivity contribution is 0.0564. The Morgan fingerprint density at radius 1 is 1.06 bits per heavy atom. The molecule has 1 aromatic heterocycles. The Balaban J connectivity index is 1.81. The van der Waals surface area contributed by atoms with E-state index >= 15 is 4.39 Å². The molecule has 164 valence electrons. The number of rotatable bonds is 3. The molecule has 1 amide bonds. The third kappa shape index (κ3) is 2.99. The number of halogens is 3. The molecule has 1 N–H and O–H groups in total. The second-order valence-corrected chi connectivity index (χ2v) is 8.02. The van der Waals surface area contributed by atoms with Crippen molar-refractivity contribution in [3.63, 3.8) is 0 Å². The van der Waals surface area contributed by atoms with E-state index in [1.807, 2.05) is 0 Å². The van der Waals surface area contributed by atoms with Crippen molar-refractivity contribution in [1.29, 1.82) is 0 Å². The largest absolute Gasteiger partial charge is 0.502 e. The van der Waals surface area contributed by atoms with Crippen LogP contribution in [0.3, 0.4) is 0 Å². The standard InChI is InChI=1S/C23H18F3N3O3/c24-13-8-6-12(7-9-13)18(14-3-1-4-15(25)19(14)26)20-16-5-2-10-28(16)23(32)21-22(31)17(30)11-27-29(20)21/h1,3-4,6-9,11,16,18,20,31H,2,5,10H2/t16-,18+,20-/m1/s1. The van der Waals surface area contributed by atoms with Crippen molar-refractivity contribution in [3.05, 3.63) is 93.2 Å². The zero-order valence-electron chi connectivity index (χ0n) is 16.7. The average molecular weight is 441 g/mol. The van der Waals surface area contributed by atoms with Crippen LogP contribution < -0.4 is 5.43 Å². The first-order valence-electron chi connectivity index (χ1n) is 10.2. The van der Waals surface area contributed by atoms with E-state index in [1.165, 1.54) is 46.0 Å². The minimum atomic E-state index is -1.06. The van der Waals surface area contributed by atoms with Crippen LogP contribution in [0.4, 0.5) is 13.2 Å². The van der Waals surface area contributed by atoms with Gasteiger partial charge in [-0.1, -0.05) is 24.3 Å². The zero-order valence-corrected chi connectivity index (χ0v) is 16.7. The summed E-state index contributed by atoms with van der Waals surface area (Å²) in [5.74, 6) is -4.75. The number of hydrogen-bond acceptors (Lipinski definition) is 4. The molecule has 1 saturated heterocycles. The van der Waals surface area contributed by atoms with E-state index < -0.39 is 52.5 Å². The number of aromatic hydroxyl groups is 1. The van der Waals surface area contributed by atoms with Crippen molar-refractivity contribution in [1.82, 2.24) is 14.7 Å². The molecule has 0 bridgehead atoms. The topological polar surface area (TPSA) is 75.4 Å². The Morgan fingerprint density at radius 2 is 1.81 bits per heavy atom. The summed E-state index contributed by atoms with van der Waals surface area (Å²) < 4.78 is 44.2. The van der Waals surface area contributed by atoms with Gasteiger partial charge in [-0.25, -0.2) is 13.2 Å². The van der Waals surface area contributed by atoms with Gasteiger partial charge in [0.25, 0.3) is 5.91 Å². The summed E-state index contributed by atoms with van der Waals surface area (Å²) in [5, 5.41) is 14.5. The van der Waals surface area contributed by atoms with Crippen molar-refractivity contribution in [2.75, 3.05) is 6.54 Å². The number of amides is 1. The van der Waals surface area contributed by atoms with Crippen molar-refractivity contribution >= 4 is 5.91 Å². The van der Waals surface area contributed by atoms with Crippen molar-refractivity contribution < 1.29 is 23.1 Å². The first kappa shape index (κ1) is 20.3. The lowest BCUT2D eigenvalue weighted by Crippen LogP contribution is -2.51. The molecule has 2 aliphatic rings. The smallest absolute Gasteiger partial charge is 0.276 e. The summed E-state index contributed by atoms with van der Waals surface area (Å²) in [7, 11) is 0. The Kier molecular flexibility index (Phi) is 4.76. The zero-order chi connectivity index (χ0) is 22.6. The van der Waals surface area contributed by atoms with Crippen LogP contribution in [0.1, 0.15) is 46.4 Å². The first-order valence-corrected chi connectivity index (χ1v) is 10.2. The summed E-state index contributed by atoms with van der Waals surface area (Å²) in [6.45, 7) is 0.393. The van der Waals surface area contributed by atoms with Gasteiger partial charge in [0.05, 0.1) is 18.3 Å². The first-order chi connectivity index (χ1) is 15.4. The van der Waals surface area contributed by atoms with Gasteiger partial charge in [0.1, 0.15) is 5.82 Å². The van der Waals surface area contributed by atoms with Crippen LogP contribution in [-0.2, 0) is 0 Å². The quantitative estimate of drug-likeness (QED) is 0.677. The SMILES string of the molecule is O=C1c2c(O)c(=O)cnn2[C@@H]([C@@H](c2ccc(F)cc2)c2cccc(F)c2F)[C@H]2CCCN12. The van der Waals surface area contributed by atoms with Gasteiger partial charge in [-0.2, -0.15) is 5.10 Å². The van der Waals surface area contributed by atoms with Gasteiger partial charge >= 0.3 is 0 Å². The highest BCUT2D eigenvalue weighted by Gasteiger charge is 2.48. The predicted molar refractivity (Wildman–Crippen MR) is 108 cm³/mol. The molecule has 9 heteroatoms. The maximum atomic E-state index is 15.1. The van der Waals surface area contributed by atoms with Crippen LogP contribution in [0.15, 0.2) is 53.5 Å². The summed E-state index contributed by atoms with van der Waals surface area (Å²) in [5.41, 5.74) is -0.609. The molecule has 2 aliphatic heterocycles. The molecule has 0 unspecified atom stereocenters. The number of carbonyl (C=O) groups is 1. The Hall–Kier alpha value is -3.62. The second-order valence-electron chi connectivity index (χ2n) is 8.02. The number of benzene rings is 2. The molecule has 3 aromatic rings. The number of nitrogens with zero attached hydrogens (tertiary/aromatic N) is 3.